The number of nitrogens with zero attached hydrogens (tertiary/aromatic N) is 4. The lowest BCUT2D eigenvalue weighted by Gasteiger charge is -2.34. The zero-order chi connectivity index (χ0) is 91.4. The van der Waals surface area contributed by atoms with Crippen LogP contribution >= 0.6 is 70.2 Å². The van der Waals surface area contributed by atoms with Crippen molar-refractivity contribution in [2.24, 2.45) is 0 Å². The van der Waals surface area contributed by atoms with Crippen LogP contribution in [0.25, 0.3) is 0 Å². The number of benzene rings is 12. The number of aromatic hydroxyl groups is 5. The summed E-state index contributed by atoms with van der Waals surface area (Å²) in [4.78, 5) is 12.6. The minimum Gasteiger partial charge on any atom is -0.508 e. The van der Waals surface area contributed by atoms with Crippen LogP contribution < -0.4 is 37.9 Å². The number of ether oxygens (including phenoxy) is 8. The van der Waals surface area contributed by atoms with Gasteiger partial charge in [-0.15, -0.1) is 47.0 Å². The number of rotatable bonds is 24. The summed E-state index contributed by atoms with van der Waals surface area (Å²) in [6, 6.07) is 81.1. The number of thioether (sulfide) groups is 4. The first-order valence-corrected chi connectivity index (χ1v) is 50.5. The zero-order valence-corrected chi connectivity index (χ0v) is 79.0. The van der Waals surface area contributed by atoms with E-state index in [4.69, 9.17) is 61.1 Å². The molecule has 4 saturated heterocycles. The third kappa shape index (κ3) is 24.7. The molecule has 4 fully saturated rings. The molecule has 8 aliphatic heterocycles. The summed E-state index contributed by atoms with van der Waals surface area (Å²) in [5.41, 5.74) is 8.29. The van der Waals surface area contributed by atoms with Crippen LogP contribution in [0.1, 0.15) is 167 Å². The van der Waals surface area contributed by atoms with Crippen molar-refractivity contribution in [3.63, 3.8) is 0 Å². The third-order valence-corrected chi connectivity index (χ3v) is 31.7. The van der Waals surface area contributed by atoms with Crippen LogP contribution in [0.5, 0.6) is 74.7 Å². The summed E-state index contributed by atoms with van der Waals surface area (Å²) in [6.07, 6.45) is 14.6. The van der Waals surface area contributed by atoms with Crippen molar-refractivity contribution in [2.75, 3.05) is 105 Å². The van der Waals surface area contributed by atoms with Gasteiger partial charge in [0.2, 0.25) is 0 Å². The molecule has 25 heteroatoms. The number of hydrogen-bond donors (Lipinski definition) is 5. The van der Waals surface area contributed by atoms with Gasteiger partial charge in [-0.2, -0.15) is 0 Å². The molecule has 133 heavy (non-hydrogen) atoms. The lowest BCUT2D eigenvalue weighted by molar-refractivity contribution is 0.182. The number of hydrogen-bond acceptors (Lipinski definition) is 21. The minimum absolute atomic E-state index is 0.00358. The van der Waals surface area contributed by atoms with E-state index in [1.165, 1.54) is 159 Å². The maximum absolute atomic E-state index is 14.6. The van der Waals surface area contributed by atoms with Gasteiger partial charge in [0, 0.05) is 26.2 Å². The predicted molar refractivity (Wildman–Crippen MR) is 527 cm³/mol. The number of likely N-dealkylation sites (tertiary alicyclic amines) is 4. The summed E-state index contributed by atoms with van der Waals surface area (Å²) in [5.74, 6) is 5.22. The van der Waals surface area contributed by atoms with Gasteiger partial charge < -0.3 is 63.4 Å². The number of fused-ring (bicyclic) bond motifs is 4. The van der Waals surface area contributed by atoms with Gasteiger partial charge >= 0.3 is 0 Å². The fourth-order valence-corrected chi connectivity index (χ4v) is 23.8. The first-order chi connectivity index (χ1) is 65.1. The van der Waals surface area contributed by atoms with Gasteiger partial charge in [-0.05, 0) is 276 Å². The molecule has 0 saturated carbocycles. The highest BCUT2D eigenvalue weighted by molar-refractivity contribution is 8.00. The van der Waals surface area contributed by atoms with Crippen LogP contribution in [-0.4, -0.2) is 150 Å². The maximum atomic E-state index is 14.6. The van der Waals surface area contributed by atoms with Gasteiger partial charge in [0.05, 0.1) is 50.6 Å². The fraction of sp³-hybridized carbons (Fsp3) is 0.333. The highest BCUT2D eigenvalue weighted by atomic mass is 35.5. The van der Waals surface area contributed by atoms with Crippen LogP contribution in [0.3, 0.4) is 0 Å². The standard InChI is InChI=1S/C27H28ClNO4S.C27H28ClNO3S.2C27H28FNO3S/c28-24-22(31)12-13-23-27(24)34-26(19-4-8-20(30)9-5-19)25(33-23)18-6-10-21(11-7-18)32-17-16-29-14-2-1-3-15-29;2*28-24-22(30)13-14-23-27(24)33-26(20-7-3-1-4-8-20)25(32-23)19-9-11-21(12-10-19)31-18-17-29-15-5-2-6-16-29;28-21-8-4-20(5-9-21)27-26(32-24-13-10-22(30)18-25(24)33-27)19-6-11-23(12-7-19)31-17-16-29-14-2-1-3-15-29/h4-13,25-26,30-31H,1-3,14-17H2;2*1,3-4,7-14,25-26,30H,2,5-6,15-18H2;4-13,18,26-27,30H,1-3,14-17H2. The van der Waals surface area contributed by atoms with Crippen LogP contribution in [-0.2, 0) is 0 Å². The van der Waals surface area contributed by atoms with Gasteiger partial charge in [0.15, 0.2) is 11.6 Å². The summed E-state index contributed by atoms with van der Waals surface area (Å²) in [7, 11) is 0. The number of phenolic OH excluding ortho intramolecular Hbond substituents is 5. The van der Waals surface area contributed by atoms with Crippen molar-refractivity contribution in [1.82, 2.24) is 19.6 Å². The quantitative estimate of drug-likeness (QED) is 0.0384. The molecule has 694 valence electrons. The Hall–Kier alpha value is -10.3. The van der Waals surface area contributed by atoms with Gasteiger partial charge in [0.1, 0.15) is 126 Å². The van der Waals surface area contributed by atoms with Crippen molar-refractivity contribution < 1.29 is 72.2 Å². The number of halogens is 4. The van der Waals surface area contributed by atoms with Crippen molar-refractivity contribution in [3.05, 3.63) is 327 Å². The normalized spacial score (nSPS) is 20.6. The minimum atomic E-state index is -0.630. The van der Waals surface area contributed by atoms with E-state index in [1.54, 1.807) is 108 Å². The van der Waals surface area contributed by atoms with Crippen LogP contribution in [0.2, 0.25) is 10.0 Å². The molecule has 20 rings (SSSR count). The molecule has 8 atom stereocenters. The second kappa shape index (κ2) is 46.3. The van der Waals surface area contributed by atoms with Gasteiger partial charge in [-0.1, -0.05) is 182 Å². The molecule has 0 spiro atoms. The first-order valence-electron chi connectivity index (χ1n) is 46.3. The molecular formula is C108H112Cl2F2N4O13S4. The molecule has 17 nitrogen and oxygen atoms in total. The van der Waals surface area contributed by atoms with Gasteiger partial charge in [-0.3, -0.25) is 19.6 Å². The molecule has 0 aliphatic carbocycles. The van der Waals surface area contributed by atoms with E-state index in [9.17, 15) is 34.3 Å². The van der Waals surface area contributed by atoms with E-state index in [1.807, 2.05) is 146 Å². The largest absolute Gasteiger partial charge is 0.508 e. The van der Waals surface area contributed by atoms with Crippen molar-refractivity contribution >= 4 is 70.2 Å². The lowest BCUT2D eigenvalue weighted by atomic mass is 10.00. The summed E-state index contributed by atoms with van der Waals surface area (Å²) in [6.45, 7) is 16.0. The van der Waals surface area contributed by atoms with E-state index >= 15 is 0 Å². The topological polar surface area (TPSA) is 188 Å². The summed E-state index contributed by atoms with van der Waals surface area (Å²) >= 11 is 19.0. The molecule has 5 N–H and O–H groups in total. The van der Waals surface area contributed by atoms with Crippen molar-refractivity contribution in [1.29, 1.82) is 0 Å². The Morgan fingerprint density at radius 2 is 0.564 bits per heavy atom. The Kier molecular flexibility index (Phi) is 32.9. The maximum Gasteiger partial charge on any atom is 0.182 e. The van der Waals surface area contributed by atoms with Gasteiger partial charge in [-0.25, -0.2) is 8.78 Å². The monoisotopic (exact) mass is 1910 g/mol. The molecule has 0 radical (unpaired) electrons. The average molecular weight is 1910 g/mol. The van der Waals surface area contributed by atoms with E-state index in [0.29, 0.717) is 63.5 Å². The smallest absolute Gasteiger partial charge is 0.182 e. The SMILES string of the molecule is Oc1ccc(C2Sc3c(ccc(O)c3Cl)OC2c2ccc(OCCN3CCCCC3)cc2)cc1.Oc1ccc2c(c1)SC(c1ccc(F)cc1)C(c1ccc(OCCN3CCCCC3)cc1)O2.Oc1ccc2c(c1Cl)SC(c1ccccc1)C(c1ccc(OCCN3CCCCC3)cc1)O2.Oc1ccc2c(c1F)SC(c1ccccc1)C(c1ccc(OCCN3CCCCC3)cc1)O2. The molecule has 12 aromatic rings. The molecule has 8 heterocycles. The fourth-order valence-electron chi connectivity index (χ4n) is 17.9. The predicted octanol–water partition coefficient (Wildman–Crippen LogP) is 26.2. The van der Waals surface area contributed by atoms with Crippen LogP contribution in [0.15, 0.2) is 280 Å². The zero-order valence-electron chi connectivity index (χ0n) is 74.2. The van der Waals surface area contributed by atoms with E-state index in [-0.39, 0.29) is 80.0 Å². The van der Waals surface area contributed by atoms with E-state index < -0.39 is 5.82 Å². The Labute approximate surface area is 805 Å². The Balaban J connectivity index is 0.000000124. The second-order valence-corrected chi connectivity index (χ2v) is 39.8. The van der Waals surface area contributed by atoms with Crippen molar-refractivity contribution in [2.45, 2.75) is 142 Å². The molecular weight excluding hydrogens is 1800 g/mol. The molecule has 0 amide bonds. The molecule has 0 bridgehead atoms. The van der Waals surface area contributed by atoms with Gasteiger partial charge in [0.25, 0.3) is 0 Å². The highest BCUT2D eigenvalue weighted by Gasteiger charge is 2.40. The molecule has 0 aromatic heterocycles. The van der Waals surface area contributed by atoms with Crippen LogP contribution in [0, 0.1) is 11.6 Å². The van der Waals surface area contributed by atoms with Crippen LogP contribution in [0.4, 0.5) is 8.78 Å². The third-order valence-electron chi connectivity index (χ3n) is 25.2. The lowest BCUT2D eigenvalue weighted by Crippen LogP contribution is -2.33. The molecule has 12 aromatic carbocycles. The second-order valence-electron chi connectivity index (χ2n) is 34.4. The number of piperidine rings is 4. The Morgan fingerprint density at radius 3 is 0.917 bits per heavy atom. The van der Waals surface area contributed by atoms with Crippen molar-refractivity contribution in [3.8, 4) is 74.7 Å². The Bertz CT molecular complexity index is 5560. The highest BCUT2D eigenvalue weighted by Crippen LogP contribution is 2.61. The first kappa shape index (κ1) is 94.5. The van der Waals surface area contributed by atoms with E-state index in [2.05, 4.69) is 43.9 Å². The average Bonchev–Trinajstić information content (AvgIpc) is 0.762. The van der Waals surface area contributed by atoms with E-state index in [0.717, 1.165) is 109 Å². The molecule has 8 unspecified atom stereocenters. The summed E-state index contributed by atoms with van der Waals surface area (Å²) in [5, 5.41) is 50.0. The number of phenols is 5. The molecule has 8 aliphatic rings. The summed E-state index contributed by atoms with van der Waals surface area (Å²) < 4.78 is 77.7. The Morgan fingerprint density at radius 1 is 0.286 bits per heavy atom.